The maximum atomic E-state index is 13.3. The summed E-state index contributed by atoms with van der Waals surface area (Å²) in [6.45, 7) is 2.10. The van der Waals surface area contributed by atoms with Gasteiger partial charge < -0.3 is 20.1 Å². The number of hydrogen-bond acceptors (Lipinski definition) is 3. The quantitative estimate of drug-likeness (QED) is 0.288. The summed E-state index contributed by atoms with van der Waals surface area (Å²) in [6, 6.07) is 3.21. The summed E-state index contributed by atoms with van der Waals surface area (Å²) >= 11 is 0. The van der Waals surface area contributed by atoms with Crippen molar-refractivity contribution in [2.24, 2.45) is 4.99 Å². The summed E-state index contributed by atoms with van der Waals surface area (Å²) in [5.74, 6) is -0.675. The summed E-state index contributed by atoms with van der Waals surface area (Å²) in [5.41, 5.74) is 0. The fraction of sp³-hybridized carbons (Fsp3) is 0.500. The van der Waals surface area contributed by atoms with Crippen LogP contribution in [0.1, 0.15) is 6.42 Å². The summed E-state index contributed by atoms with van der Waals surface area (Å²) in [5, 5.41) is 6.13. The summed E-state index contributed by atoms with van der Waals surface area (Å²) in [7, 11) is 3.31. The number of aliphatic imine (C=N–C) groups is 1. The van der Waals surface area contributed by atoms with Crippen LogP contribution in [0.5, 0.6) is 5.75 Å². The molecule has 0 aromatic heterocycles. The highest BCUT2D eigenvalue weighted by Crippen LogP contribution is 2.17. The van der Waals surface area contributed by atoms with Crippen molar-refractivity contribution >= 4 is 29.9 Å². The minimum absolute atomic E-state index is 0. The third kappa shape index (κ3) is 8.32. The van der Waals surface area contributed by atoms with Crippen molar-refractivity contribution < 1.29 is 18.3 Å². The fourth-order valence-electron chi connectivity index (χ4n) is 1.57. The third-order valence-corrected chi connectivity index (χ3v) is 2.59. The largest absolute Gasteiger partial charge is 0.489 e. The predicted molar refractivity (Wildman–Crippen MR) is 93.1 cm³/mol. The molecule has 126 valence electrons. The lowest BCUT2D eigenvalue weighted by atomic mass is 10.3. The zero-order valence-electron chi connectivity index (χ0n) is 12.7. The minimum atomic E-state index is -0.711. The van der Waals surface area contributed by atoms with Gasteiger partial charge in [-0.1, -0.05) is 0 Å². The first-order chi connectivity index (χ1) is 10.2. The molecule has 0 saturated carbocycles. The normalized spacial score (nSPS) is 10.8. The molecular formula is C14H22F2IN3O2. The maximum absolute atomic E-state index is 13.3. The van der Waals surface area contributed by atoms with Crippen LogP contribution in [0, 0.1) is 11.6 Å². The van der Waals surface area contributed by atoms with Crippen LogP contribution >= 0.6 is 24.0 Å². The Morgan fingerprint density at radius 3 is 2.55 bits per heavy atom. The van der Waals surface area contributed by atoms with E-state index in [2.05, 4.69) is 15.6 Å². The van der Waals surface area contributed by atoms with Crippen molar-refractivity contribution in [1.82, 2.24) is 10.6 Å². The van der Waals surface area contributed by atoms with E-state index in [1.54, 1.807) is 14.2 Å². The molecule has 0 bridgehead atoms. The van der Waals surface area contributed by atoms with Gasteiger partial charge in [0.05, 0.1) is 6.54 Å². The van der Waals surface area contributed by atoms with Crippen molar-refractivity contribution in [1.29, 1.82) is 0 Å². The monoisotopic (exact) mass is 429 g/mol. The van der Waals surface area contributed by atoms with Crippen molar-refractivity contribution in [3.8, 4) is 5.75 Å². The van der Waals surface area contributed by atoms with Gasteiger partial charge in [-0.3, -0.25) is 4.99 Å². The second kappa shape index (κ2) is 12.4. The number of halogens is 3. The summed E-state index contributed by atoms with van der Waals surface area (Å²) in [6.07, 6.45) is 0.870. The predicted octanol–water partition coefficient (Wildman–Crippen LogP) is 2.16. The van der Waals surface area contributed by atoms with E-state index in [0.717, 1.165) is 25.1 Å². The van der Waals surface area contributed by atoms with Gasteiger partial charge in [0.1, 0.15) is 12.4 Å². The maximum Gasteiger partial charge on any atom is 0.191 e. The number of methoxy groups -OCH3 is 1. The van der Waals surface area contributed by atoms with Gasteiger partial charge in [-0.05, 0) is 18.6 Å². The average molecular weight is 429 g/mol. The number of nitrogens with zero attached hydrogens (tertiary/aromatic N) is 1. The Morgan fingerprint density at radius 1 is 1.18 bits per heavy atom. The molecule has 8 heteroatoms. The van der Waals surface area contributed by atoms with Crippen LogP contribution in [0.25, 0.3) is 0 Å². The zero-order chi connectivity index (χ0) is 15.5. The lowest BCUT2D eigenvalue weighted by Gasteiger charge is -2.12. The van der Waals surface area contributed by atoms with Crippen molar-refractivity contribution in [3.63, 3.8) is 0 Å². The molecule has 1 aromatic rings. The summed E-state index contributed by atoms with van der Waals surface area (Å²) in [4.78, 5) is 4.03. The van der Waals surface area contributed by atoms with Crippen molar-refractivity contribution in [2.45, 2.75) is 6.42 Å². The Balaban J connectivity index is 0.00000441. The van der Waals surface area contributed by atoms with E-state index < -0.39 is 11.6 Å². The van der Waals surface area contributed by atoms with Gasteiger partial charge in [-0.2, -0.15) is 0 Å². The number of rotatable bonds is 8. The smallest absolute Gasteiger partial charge is 0.191 e. The molecule has 0 aliphatic rings. The molecule has 0 aliphatic carbocycles. The molecule has 0 amide bonds. The first kappa shape index (κ1) is 20.8. The molecule has 22 heavy (non-hydrogen) atoms. The Kier molecular flexibility index (Phi) is 11.7. The Morgan fingerprint density at radius 2 is 1.91 bits per heavy atom. The van der Waals surface area contributed by atoms with Gasteiger partial charge in [-0.15, -0.1) is 24.0 Å². The third-order valence-electron chi connectivity index (χ3n) is 2.59. The molecule has 0 unspecified atom stereocenters. The van der Waals surface area contributed by atoms with Crippen LogP contribution in [0.3, 0.4) is 0 Å². The minimum Gasteiger partial charge on any atom is -0.489 e. The lowest BCUT2D eigenvalue weighted by Crippen LogP contribution is -2.39. The second-order valence-electron chi connectivity index (χ2n) is 4.20. The number of guanidine groups is 1. The van der Waals surface area contributed by atoms with E-state index in [-0.39, 0.29) is 36.3 Å². The van der Waals surface area contributed by atoms with E-state index in [4.69, 9.17) is 9.47 Å². The van der Waals surface area contributed by atoms with E-state index >= 15 is 0 Å². The fourth-order valence-corrected chi connectivity index (χ4v) is 1.57. The Hall–Kier alpha value is -1.16. The standard InChI is InChI=1S/C14H21F2N3O2.HI/c1-17-14(18-6-3-8-20-2)19-7-9-21-13-5-4-11(15)10-12(13)16;/h4-5,10H,3,6-9H2,1-2H3,(H2,17,18,19);1H. The SMILES string of the molecule is CN=C(NCCCOC)NCCOc1ccc(F)cc1F.I. The van der Waals surface area contributed by atoms with Crippen LogP contribution < -0.4 is 15.4 Å². The highest BCUT2D eigenvalue weighted by Gasteiger charge is 2.04. The molecule has 0 heterocycles. The number of hydrogen-bond donors (Lipinski definition) is 2. The van der Waals surface area contributed by atoms with Gasteiger partial charge in [0, 0.05) is 33.4 Å². The molecule has 0 atom stereocenters. The molecule has 0 saturated heterocycles. The van der Waals surface area contributed by atoms with Gasteiger partial charge in [0.2, 0.25) is 0 Å². The van der Waals surface area contributed by atoms with Crippen molar-refractivity contribution in [3.05, 3.63) is 29.8 Å². The highest BCUT2D eigenvalue weighted by atomic mass is 127. The van der Waals surface area contributed by atoms with E-state index in [1.165, 1.54) is 6.07 Å². The van der Waals surface area contributed by atoms with E-state index in [0.29, 0.717) is 19.1 Å². The van der Waals surface area contributed by atoms with Gasteiger partial charge >= 0.3 is 0 Å². The van der Waals surface area contributed by atoms with Gasteiger partial charge in [-0.25, -0.2) is 8.78 Å². The highest BCUT2D eigenvalue weighted by molar-refractivity contribution is 14.0. The van der Waals surface area contributed by atoms with E-state index in [1.807, 2.05) is 0 Å². The van der Waals surface area contributed by atoms with Crippen LogP contribution in [-0.4, -0.2) is 46.4 Å². The number of ether oxygens (including phenoxy) is 2. The Bertz CT molecular complexity index is 462. The summed E-state index contributed by atoms with van der Waals surface area (Å²) < 4.78 is 36.2. The molecule has 0 aliphatic heterocycles. The number of benzene rings is 1. The molecule has 5 nitrogen and oxygen atoms in total. The first-order valence-electron chi connectivity index (χ1n) is 6.68. The van der Waals surface area contributed by atoms with E-state index in [9.17, 15) is 8.78 Å². The molecule has 0 radical (unpaired) electrons. The number of nitrogens with one attached hydrogen (secondary N) is 2. The lowest BCUT2D eigenvalue weighted by molar-refractivity contribution is 0.195. The topological polar surface area (TPSA) is 54.9 Å². The molecule has 1 rings (SSSR count). The Labute approximate surface area is 146 Å². The van der Waals surface area contributed by atoms with Crippen LogP contribution in [-0.2, 0) is 4.74 Å². The van der Waals surface area contributed by atoms with Crippen LogP contribution in [0.15, 0.2) is 23.2 Å². The van der Waals surface area contributed by atoms with Crippen molar-refractivity contribution in [2.75, 3.05) is 40.5 Å². The molecule has 1 aromatic carbocycles. The molecular weight excluding hydrogens is 407 g/mol. The van der Waals surface area contributed by atoms with Crippen LogP contribution in [0.4, 0.5) is 8.78 Å². The molecule has 0 spiro atoms. The second-order valence-corrected chi connectivity index (χ2v) is 4.20. The zero-order valence-corrected chi connectivity index (χ0v) is 15.0. The van der Waals surface area contributed by atoms with Gasteiger partial charge in [0.25, 0.3) is 0 Å². The average Bonchev–Trinajstić information content (AvgIpc) is 2.47. The molecule has 0 fully saturated rings. The van der Waals surface area contributed by atoms with Gasteiger partial charge in [0.15, 0.2) is 17.5 Å². The first-order valence-corrected chi connectivity index (χ1v) is 6.68. The molecule has 2 N–H and O–H groups in total. The van der Waals surface area contributed by atoms with Crippen LogP contribution in [0.2, 0.25) is 0 Å².